The number of halogens is 1. The van der Waals surface area contributed by atoms with Crippen LogP contribution in [0.5, 0.6) is 5.75 Å². The van der Waals surface area contributed by atoms with Crippen molar-refractivity contribution >= 4 is 5.97 Å². The Balaban J connectivity index is 1.52. The van der Waals surface area contributed by atoms with E-state index < -0.39 is 11.8 Å². The molecule has 0 heterocycles. The van der Waals surface area contributed by atoms with Gasteiger partial charge in [-0.25, -0.2) is 9.18 Å². The maximum absolute atomic E-state index is 13.9. The highest BCUT2D eigenvalue weighted by atomic mass is 19.1. The Morgan fingerprint density at radius 2 is 1.95 bits per heavy atom. The predicted molar refractivity (Wildman–Crippen MR) is 75.2 cm³/mol. The number of carbonyl (C=O) groups is 1. The van der Waals surface area contributed by atoms with Crippen LogP contribution in [-0.4, -0.2) is 17.7 Å². The van der Waals surface area contributed by atoms with Crippen molar-refractivity contribution in [3.05, 3.63) is 29.1 Å². The van der Waals surface area contributed by atoms with Crippen LogP contribution in [0.25, 0.3) is 0 Å². The Bertz CT molecular complexity index is 584. The second-order valence-electron chi connectivity index (χ2n) is 6.85. The van der Waals surface area contributed by atoms with Crippen LogP contribution in [-0.2, 0) is 0 Å². The summed E-state index contributed by atoms with van der Waals surface area (Å²) < 4.78 is 19.7. The van der Waals surface area contributed by atoms with Gasteiger partial charge in [-0.05, 0) is 67.4 Å². The van der Waals surface area contributed by atoms with E-state index in [9.17, 15) is 9.18 Å². The van der Waals surface area contributed by atoms with Crippen LogP contribution in [0.3, 0.4) is 0 Å². The number of ether oxygens (including phenoxy) is 1. The quantitative estimate of drug-likeness (QED) is 0.896. The molecule has 3 aliphatic rings. The highest BCUT2D eigenvalue weighted by Gasteiger charge is 2.45. The molecular weight excluding hydrogens is 271 g/mol. The molecule has 2 atom stereocenters. The summed E-state index contributed by atoms with van der Waals surface area (Å²) in [5, 5.41) is 9.04. The monoisotopic (exact) mass is 290 g/mol. The summed E-state index contributed by atoms with van der Waals surface area (Å²) in [5.74, 6) is 1.40. The number of fused-ring (bicyclic) bond motifs is 1. The van der Waals surface area contributed by atoms with Gasteiger partial charge in [0.15, 0.2) is 0 Å². The van der Waals surface area contributed by atoms with E-state index in [0.29, 0.717) is 24.2 Å². The number of hydrogen-bond acceptors (Lipinski definition) is 2. The summed E-state index contributed by atoms with van der Waals surface area (Å²) >= 11 is 0. The van der Waals surface area contributed by atoms with E-state index in [1.165, 1.54) is 31.4 Å². The van der Waals surface area contributed by atoms with Gasteiger partial charge in [-0.3, -0.25) is 0 Å². The molecule has 1 aromatic rings. The molecule has 2 unspecified atom stereocenters. The van der Waals surface area contributed by atoms with E-state index in [2.05, 4.69) is 0 Å². The van der Waals surface area contributed by atoms with E-state index in [1.807, 2.05) is 0 Å². The van der Waals surface area contributed by atoms with Crippen LogP contribution in [0.1, 0.15) is 53.9 Å². The first-order valence-electron chi connectivity index (χ1n) is 7.81. The third-order valence-corrected chi connectivity index (χ3v) is 5.16. The van der Waals surface area contributed by atoms with Crippen molar-refractivity contribution in [2.45, 2.75) is 38.0 Å². The Morgan fingerprint density at radius 1 is 1.24 bits per heavy atom. The normalized spacial score (nSPS) is 30.0. The third-order valence-electron chi connectivity index (χ3n) is 5.16. The highest BCUT2D eigenvalue weighted by Crippen LogP contribution is 2.54. The minimum atomic E-state index is -1.21. The van der Waals surface area contributed by atoms with Gasteiger partial charge in [0.05, 0.1) is 12.2 Å². The molecule has 3 aliphatic carbocycles. The molecule has 4 rings (SSSR count). The summed E-state index contributed by atoms with van der Waals surface area (Å²) in [6, 6.07) is 2.74. The van der Waals surface area contributed by atoms with Crippen LogP contribution in [0.15, 0.2) is 12.1 Å². The number of benzene rings is 1. The highest BCUT2D eigenvalue weighted by molar-refractivity contribution is 5.88. The molecule has 0 aliphatic heterocycles. The SMILES string of the molecule is O=C(O)c1cc(C2CC2)c(OCC2CC3CC3C2)cc1F. The topological polar surface area (TPSA) is 46.5 Å². The number of aromatic carboxylic acids is 1. The molecule has 1 aromatic carbocycles. The van der Waals surface area contributed by atoms with E-state index in [1.54, 1.807) is 0 Å². The Kier molecular flexibility index (Phi) is 2.95. The Morgan fingerprint density at radius 3 is 2.57 bits per heavy atom. The van der Waals surface area contributed by atoms with E-state index >= 15 is 0 Å². The molecule has 0 radical (unpaired) electrons. The molecule has 0 aromatic heterocycles. The number of carboxylic acids is 1. The van der Waals surface area contributed by atoms with Crippen molar-refractivity contribution < 1.29 is 19.0 Å². The smallest absolute Gasteiger partial charge is 0.338 e. The van der Waals surface area contributed by atoms with Gasteiger partial charge in [-0.1, -0.05) is 0 Å². The molecule has 21 heavy (non-hydrogen) atoms. The van der Waals surface area contributed by atoms with Crippen molar-refractivity contribution in [3.63, 3.8) is 0 Å². The zero-order valence-corrected chi connectivity index (χ0v) is 11.8. The van der Waals surface area contributed by atoms with E-state index in [0.717, 1.165) is 30.2 Å². The fourth-order valence-electron chi connectivity index (χ4n) is 3.76. The van der Waals surface area contributed by atoms with Crippen molar-refractivity contribution in [1.82, 2.24) is 0 Å². The van der Waals surface area contributed by atoms with Crippen LogP contribution in [0, 0.1) is 23.6 Å². The predicted octanol–water partition coefficient (Wildman–Crippen LogP) is 3.83. The second-order valence-corrected chi connectivity index (χ2v) is 6.85. The van der Waals surface area contributed by atoms with Crippen molar-refractivity contribution in [3.8, 4) is 5.75 Å². The average Bonchev–Trinajstić information content (AvgIpc) is 3.36. The first-order valence-corrected chi connectivity index (χ1v) is 7.81. The number of rotatable bonds is 5. The molecule has 3 fully saturated rings. The van der Waals surface area contributed by atoms with E-state index in [-0.39, 0.29) is 5.56 Å². The first kappa shape index (κ1) is 13.1. The standard InChI is InChI=1S/C17H19FO3/c18-15-7-16(21-8-9-3-11-5-12(11)4-9)13(10-1-2-10)6-14(15)17(19)20/h6-7,9-12H,1-5,8H2,(H,19,20). The van der Waals surface area contributed by atoms with Gasteiger partial charge in [-0.15, -0.1) is 0 Å². The summed E-state index contributed by atoms with van der Waals surface area (Å²) in [6.07, 6.45) is 5.92. The zero-order valence-electron chi connectivity index (χ0n) is 11.8. The minimum Gasteiger partial charge on any atom is -0.493 e. The van der Waals surface area contributed by atoms with Gasteiger partial charge in [0.1, 0.15) is 11.6 Å². The molecular formula is C17H19FO3. The van der Waals surface area contributed by atoms with Crippen molar-refractivity contribution in [2.24, 2.45) is 17.8 Å². The lowest BCUT2D eigenvalue weighted by Gasteiger charge is -2.16. The van der Waals surface area contributed by atoms with Crippen molar-refractivity contribution in [1.29, 1.82) is 0 Å². The molecule has 1 N–H and O–H groups in total. The molecule has 3 nitrogen and oxygen atoms in total. The average molecular weight is 290 g/mol. The van der Waals surface area contributed by atoms with Crippen LogP contribution in [0.4, 0.5) is 4.39 Å². The molecule has 0 saturated heterocycles. The summed E-state index contributed by atoms with van der Waals surface area (Å²) in [4.78, 5) is 11.1. The molecule has 4 heteroatoms. The summed E-state index contributed by atoms with van der Waals surface area (Å²) in [7, 11) is 0. The lowest BCUT2D eigenvalue weighted by atomic mass is 10.0. The zero-order chi connectivity index (χ0) is 14.6. The Labute approximate surface area is 123 Å². The van der Waals surface area contributed by atoms with Gasteiger partial charge in [-0.2, -0.15) is 0 Å². The van der Waals surface area contributed by atoms with Gasteiger partial charge >= 0.3 is 5.97 Å². The van der Waals surface area contributed by atoms with Gasteiger partial charge < -0.3 is 9.84 Å². The molecule has 0 amide bonds. The summed E-state index contributed by atoms with van der Waals surface area (Å²) in [6.45, 7) is 0.637. The number of carboxylic acid groups (broad SMARTS) is 1. The fourth-order valence-corrected chi connectivity index (χ4v) is 3.76. The first-order chi connectivity index (χ1) is 10.1. The molecule has 0 spiro atoms. The van der Waals surface area contributed by atoms with Crippen LogP contribution < -0.4 is 4.74 Å². The van der Waals surface area contributed by atoms with Crippen LogP contribution >= 0.6 is 0 Å². The van der Waals surface area contributed by atoms with Gasteiger partial charge in [0, 0.05) is 6.07 Å². The third kappa shape index (κ3) is 2.52. The van der Waals surface area contributed by atoms with Gasteiger partial charge in [0.2, 0.25) is 0 Å². The fraction of sp³-hybridized carbons (Fsp3) is 0.588. The maximum atomic E-state index is 13.9. The minimum absolute atomic E-state index is 0.244. The Hall–Kier alpha value is -1.58. The molecule has 0 bridgehead atoms. The lowest BCUT2D eigenvalue weighted by molar-refractivity contribution is 0.0691. The number of hydrogen-bond donors (Lipinski definition) is 1. The van der Waals surface area contributed by atoms with Gasteiger partial charge in [0.25, 0.3) is 0 Å². The second kappa shape index (κ2) is 4.72. The maximum Gasteiger partial charge on any atom is 0.338 e. The van der Waals surface area contributed by atoms with Crippen LogP contribution in [0.2, 0.25) is 0 Å². The summed E-state index contributed by atoms with van der Waals surface area (Å²) in [5.41, 5.74) is 0.628. The van der Waals surface area contributed by atoms with Crippen molar-refractivity contribution in [2.75, 3.05) is 6.61 Å². The lowest BCUT2D eigenvalue weighted by Crippen LogP contribution is -2.12. The van der Waals surface area contributed by atoms with E-state index in [4.69, 9.17) is 9.84 Å². The molecule has 3 saturated carbocycles. The largest absolute Gasteiger partial charge is 0.493 e. The molecule has 112 valence electrons.